The Bertz CT molecular complexity index is 1070. The van der Waals surface area contributed by atoms with Crippen LogP contribution in [-0.4, -0.2) is 25.0 Å². The standard InChI is InChI=1S/C24H20ClNO5/c1-30-24(29)17-11-13-18(14-12-17)31-22(27)15-21(16-7-3-2-4-8-16)26-23(28)19-9-5-6-10-20(19)25/h2-14,21H,15H2,1H3,(H,26,28)/t21-/m0/s1. The highest BCUT2D eigenvalue weighted by atomic mass is 35.5. The third-order valence-corrected chi connectivity index (χ3v) is 4.83. The molecule has 3 rings (SSSR count). The van der Waals surface area contributed by atoms with Crippen LogP contribution in [0.25, 0.3) is 0 Å². The minimum Gasteiger partial charge on any atom is -0.465 e. The van der Waals surface area contributed by atoms with E-state index in [9.17, 15) is 14.4 Å². The van der Waals surface area contributed by atoms with Gasteiger partial charge in [0.05, 0.1) is 35.7 Å². The molecule has 0 aliphatic heterocycles. The summed E-state index contributed by atoms with van der Waals surface area (Å²) in [6, 6.07) is 21.2. The van der Waals surface area contributed by atoms with Crippen LogP contribution in [0.3, 0.4) is 0 Å². The number of carbonyl (C=O) groups is 3. The minimum absolute atomic E-state index is 0.0983. The Kier molecular flexibility index (Phi) is 7.40. The second-order valence-corrected chi connectivity index (χ2v) is 7.02. The zero-order chi connectivity index (χ0) is 22.2. The van der Waals surface area contributed by atoms with Gasteiger partial charge in [0.25, 0.3) is 5.91 Å². The van der Waals surface area contributed by atoms with Crippen LogP contribution in [0.15, 0.2) is 78.9 Å². The molecule has 0 radical (unpaired) electrons. The van der Waals surface area contributed by atoms with E-state index >= 15 is 0 Å². The molecule has 0 aliphatic carbocycles. The van der Waals surface area contributed by atoms with Crippen LogP contribution < -0.4 is 10.1 Å². The Morgan fingerprint density at radius 2 is 1.55 bits per heavy atom. The zero-order valence-electron chi connectivity index (χ0n) is 16.7. The summed E-state index contributed by atoms with van der Waals surface area (Å²) in [5.41, 5.74) is 1.41. The van der Waals surface area contributed by atoms with Gasteiger partial charge in [0.1, 0.15) is 5.75 Å². The van der Waals surface area contributed by atoms with Crippen molar-refractivity contribution in [2.45, 2.75) is 12.5 Å². The van der Waals surface area contributed by atoms with Gasteiger partial charge >= 0.3 is 11.9 Å². The molecule has 1 N–H and O–H groups in total. The van der Waals surface area contributed by atoms with E-state index in [2.05, 4.69) is 10.1 Å². The topological polar surface area (TPSA) is 81.7 Å². The van der Waals surface area contributed by atoms with Gasteiger partial charge in [-0.05, 0) is 42.0 Å². The molecule has 0 spiro atoms. The average Bonchev–Trinajstić information content (AvgIpc) is 2.79. The number of nitrogens with one attached hydrogen (secondary N) is 1. The first-order valence-electron chi connectivity index (χ1n) is 9.47. The molecule has 3 aromatic rings. The quantitative estimate of drug-likeness (QED) is 0.431. The lowest BCUT2D eigenvalue weighted by Crippen LogP contribution is -2.31. The van der Waals surface area contributed by atoms with Crippen molar-refractivity contribution in [2.75, 3.05) is 7.11 Å². The van der Waals surface area contributed by atoms with E-state index in [4.69, 9.17) is 16.3 Å². The van der Waals surface area contributed by atoms with Crippen molar-refractivity contribution in [3.63, 3.8) is 0 Å². The Morgan fingerprint density at radius 1 is 0.903 bits per heavy atom. The molecule has 0 saturated heterocycles. The van der Waals surface area contributed by atoms with Crippen LogP contribution in [0.1, 0.15) is 38.7 Å². The monoisotopic (exact) mass is 437 g/mol. The lowest BCUT2D eigenvalue weighted by atomic mass is 10.0. The Balaban J connectivity index is 1.73. The Hall–Kier alpha value is -3.64. The SMILES string of the molecule is COC(=O)c1ccc(OC(=O)C[C@H](NC(=O)c2ccccc2Cl)c2ccccc2)cc1. The summed E-state index contributed by atoms with van der Waals surface area (Å²) in [6.45, 7) is 0. The number of benzene rings is 3. The summed E-state index contributed by atoms with van der Waals surface area (Å²) in [6.07, 6.45) is -0.0983. The first-order chi connectivity index (χ1) is 15.0. The molecule has 1 atom stereocenters. The number of ether oxygens (including phenoxy) is 2. The molecule has 0 saturated carbocycles. The van der Waals surface area contributed by atoms with Gasteiger partial charge in [-0.2, -0.15) is 0 Å². The van der Waals surface area contributed by atoms with E-state index in [0.717, 1.165) is 5.56 Å². The molecule has 0 fully saturated rings. The highest BCUT2D eigenvalue weighted by Gasteiger charge is 2.21. The first-order valence-corrected chi connectivity index (χ1v) is 9.85. The smallest absolute Gasteiger partial charge is 0.337 e. The number of carbonyl (C=O) groups excluding carboxylic acids is 3. The maximum Gasteiger partial charge on any atom is 0.337 e. The summed E-state index contributed by atoms with van der Waals surface area (Å²) in [5.74, 6) is -1.14. The van der Waals surface area contributed by atoms with Crippen molar-refractivity contribution in [3.8, 4) is 5.75 Å². The molecule has 31 heavy (non-hydrogen) atoms. The molecule has 0 heterocycles. The van der Waals surface area contributed by atoms with Crippen LogP contribution in [0.4, 0.5) is 0 Å². The van der Waals surface area contributed by atoms with Crippen molar-refractivity contribution in [1.82, 2.24) is 5.32 Å². The average molecular weight is 438 g/mol. The maximum absolute atomic E-state index is 12.7. The number of methoxy groups -OCH3 is 1. The van der Waals surface area contributed by atoms with E-state index in [1.807, 2.05) is 30.3 Å². The molecular formula is C24H20ClNO5. The molecule has 0 aromatic heterocycles. The summed E-state index contributed by atoms with van der Waals surface area (Å²) in [4.78, 5) is 36.8. The van der Waals surface area contributed by atoms with Gasteiger partial charge in [-0.3, -0.25) is 9.59 Å². The molecule has 6 nitrogen and oxygen atoms in total. The van der Waals surface area contributed by atoms with Crippen LogP contribution >= 0.6 is 11.6 Å². The summed E-state index contributed by atoms with van der Waals surface area (Å²) in [7, 11) is 1.29. The van der Waals surface area contributed by atoms with Gasteiger partial charge in [-0.25, -0.2) is 4.79 Å². The molecule has 0 bridgehead atoms. The van der Waals surface area contributed by atoms with Crippen LogP contribution in [0.5, 0.6) is 5.75 Å². The van der Waals surface area contributed by atoms with Crippen molar-refractivity contribution < 1.29 is 23.9 Å². The maximum atomic E-state index is 12.7. The molecule has 0 aliphatic rings. The molecule has 3 aromatic carbocycles. The number of hydrogen-bond acceptors (Lipinski definition) is 5. The third kappa shape index (κ3) is 5.93. The summed E-state index contributed by atoms with van der Waals surface area (Å²) < 4.78 is 10.0. The normalized spacial score (nSPS) is 11.3. The van der Waals surface area contributed by atoms with E-state index in [1.165, 1.54) is 31.4 Å². The van der Waals surface area contributed by atoms with Gasteiger partial charge in [0.15, 0.2) is 0 Å². The van der Waals surface area contributed by atoms with Gasteiger partial charge < -0.3 is 14.8 Å². The molecular weight excluding hydrogens is 418 g/mol. The van der Waals surface area contributed by atoms with Crippen molar-refractivity contribution in [3.05, 3.63) is 101 Å². The second-order valence-electron chi connectivity index (χ2n) is 6.61. The fourth-order valence-corrected chi connectivity index (χ4v) is 3.16. The second kappa shape index (κ2) is 10.4. The predicted octanol–water partition coefficient (Wildman–Crippen LogP) is 4.59. The lowest BCUT2D eigenvalue weighted by Gasteiger charge is -2.19. The first kappa shape index (κ1) is 22.1. The highest BCUT2D eigenvalue weighted by Crippen LogP contribution is 2.22. The molecule has 158 valence electrons. The van der Waals surface area contributed by atoms with Crippen LogP contribution in [0, 0.1) is 0 Å². The zero-order valence-corrected chi connectivity index (χ0v) is 17.5. The molecule has 1 amide bonds. The van der Waals surface area contributed by atoms with E-state index in [1.54, 1.807) is 24.3 Å². The number of halogens is 1. The van der Waals surface area contributed by atoms with E-state index in [0.29, 0.717) is 16.1 Å². The van der Waals surface area contributed by atoms with Crippen molar-refractivity contribution >= 4 is 29.4 Å². The lowest BCUT2D eigenvalue weighted by molar-refractivity contribution is -0.134. The number of esters is 2. The minimum atomic E-state index is -0.619. The van der Waals surface area contributed by atoms with E-state index in [-0.39, 0.29) is 12.2 Å². The number of hydrogen-bond donors (Lipinski definition) is 1. The summed E-state index contributed by atoms with van der Waals surface area (Å²) in [5, 5.41) is 3.17. The fourth-order valence-electron chi connectivity index (χ4n) is 2.94. The van der Waals surface area contributed by atoms with Crippen molar-refractivity contribution in [1.29, 1.82) is 0 Å². The largest absolute Gasteiger partial charge is 0.465 e. The molecule has 0 unspecified atom stereocenters. The van der Waals surface area contributed by atoms with Gasteiger partial charge in [-0.1, -0.05) is 54.1 Å². The Labute approximate surface area is 184 Å². The molecule has 7 heteroatoms. The highest BCUT2D eigenvalue weighted by molar-refractivity contribution is 6.33. The Morgan fingerprint density at radius 3 is 2.19 bits per heavy atom. The van der Waals surface area contributed by atoms with Gasteiger partial charge in [-0.15, -0.1) is 0 Å². The number of amides is 1. The fraction of sp³-hybridized carbons (Fsp3) is 0.125. The third-order valence-electron chi connectivity index (χ3n) is 4.50. The summed E-state index contributed by atoms with van der Waals surface area (Å²) >= 11 is 6.12. The number of rotatable bonds is 7. The van der Waals surface area contributed by atoms with Crippen LogP contribution in [-0.2, 0) is 9.53 Å². The van der Waals surface area contributed by atoms with E-state index < -0.39 is 23.9 Å². The predicted molar refractivity (Wildman–Crippen MR) is 116 cm³/mol. The van der Waals surface area contributed by atoms with Crippen LogP contribution in [0.2, 0.25) is 5.02 Å². The van der Waals surface area contributed by atoms with Gasteiger partial charge in [0.2, 0.25) is 0 Å². The van der Waals surface area contributed by atoms with Crippen molar-refractivity contribution in [2.24, 2.45) is 0 Å². The van der Waals surface area contributed by atoms with Gasteiger partial charge in [0, 0.05) is 0 Å².